The Hall–Kier alpha value is -0.570. The van der Waals surface area contributed by atoms with Crippen molar-refractivity contribution >= 4 is 5.97 Å². The standard InChI is InChI=1S/C10H19NO2/c1-8(12)13-7-9-3-5-10(2,11)6-4-9/h9H,3-7,11H2,1-2H3. The Bertz CT molecular complexity index is 179. The molecule has 1 aliphatic carbocycles. The fraction of sp³-hybridized carbons (Fsp3) is 0.900. The van der Waals surface area contributed by atoms with Crippen LogP contribution in [0.2, 0.25) is 0 Å². The highest BCUT2D eigenvalue weighted by atomic mass is 16.5. The van der Waals surface area contributed by atoms with Crippen LogP contribution >= 0.6 is 0 Å². The van der Waals surface area contributed by atoms with Gasteiger partial charge in [0.1, 0.15) is 0 Å². The van der Waals surface area contributed by atoms with Gasteiger partial charge in [0.2, 0.25) is 0 Å². The molecule has 13 heavy (non-hydrogen) atoms. The van der Waals surface area contributed by atoms with Crippen molar-refractivity contribution in [1.29, 1.82) is 0 Å². The second-order valence-electron chi connectivity index (χ2n) is 4.40. The van der Waals surface area contributed by atoms with Gasteiger partial charge in [-0.05, 0) is 38.5 Å². The number of ether oxygens (including phenoxy) is 1. The minimum absolute atomic E-state index is 0.00667. The lowest BCUT2D eigenvalue weighted by molar-refractivity contribution is -0.142. The third-order valence-corrected chi connectivity index (χ3v) is 2.77. The highest BCUT2D eigenvalue weighted by molar-refractivity contribution is 5.65. The van der Waals surface area contributed by atoms with E-state index in [9.17, 15) is 4.79 Å². The molecule has 1 aliphatic rings. The zero-order valence-electron chi connectivity index (χ0n) is 8.51. The Morgan fingerprint density at radius 1 is 1.54 bits per heavy atom. The SMILES string of the molecule is CC(=O)OCC1CCC(C)(N)CC1. The maximum atomic E-state index is 10.6. The smallest absolute Gasteiger partial charge is 0.302 e. The van der Waals surface area contributed by atoms with Crippen LogP contribution in [0.3, 0.4) is 0 Å². The van der Waals surface area contributed by atoms with Crippen LogP contribution in [-0.4, -0.2) is 18.1 Å². The minimum Gasteiger partial charge on any atom is -0.466 e. The van der Waals surface area contributed by atoms with Crippen LogP contribution in [-0.2, 0) is 9.53 Å². The number of hydrogen-bond donors (Lipinski definition) is 1. The largest absolute Gasteiger partial charge is 0.466 e. The Balaban J connectivity index is 2.21. The molecule has 3 nitrogen and oxygen atoms in total. The third kappa shape index (κ3) is 3.77. The fourth-order valence-electron chi connectivity index (χ4n) is 1.74. The van der Waals surface area contributed by atoms with Gasteiger partial charge in [-0.25, -0.2) is 0 Å². The van der Waals surface area contributed by atoms with Gasteiger partial charge in [-0.2, -0.15) is 0 Å². The van der Waals surface area contributed by atoms with E-state index in [0.29, 0.717) is 12.5 Å². The Labute approximate surface area is 79.6 Å². The fourth-order valence-corrected chi connectivity index (χ4v) is 1.74. The average molecular weight is 185 g/mol. The van der Waals surface area contributed by atoms with Crippen molar-refractivity contribution in [3.63, 3.8) is 0 Å². The number of carbonyl (C=O) groups is 1. The first-order chi connectivity index (χ1) is 5.99. The Kier molecular flexibility index (Phi) is 3.31. The average Bonchev–Trinajstić information content (AvgIpc) is 2.02. The molecular formula is C10H19NO2. The predicted octanol–water partition coefficient (Wildman–Crippen LogP) is 1.46. The van der Waals surface area contributed by atoms with Crippen LogP contribution in [0.5, 0.6) is 0 Å². The summed E-state index contributed by atoms with van der Waals surface area (Å²) >= 11 is 0. The molecule has 0 atom stereocenters. The first kappa shape index (κ1) is 10.5. The van der Waals surface area contributed by atoms with Crippen LogP contribution in [0.15, 0.2) is 0 Å². The zero-order valence-corrected chi connectivity index (χ0v) is 8.51. The van der Waals surface area contributed by atoms with E-state index in [1.54, 1.807) is 0 Å². The monoisotopic (exact) mass is 185 g/mol. The van der Waals surface area contributed by atoms with Crippen molar-refractivity contribution < 1.29 is 9.53 Å². The summed E-state index contributed by atoms with van der Waals surface area (Å²) in [4.78, 5) is 10.6. The first-order valence-electron chi connectivity index (χ1n) is 4.92. The number of esters is 1. The summed E-state index contributed by atoms with van der Waals surface area (Å²) in [5, 5.41) is 0. The van der Waals surface area contributed by atoms with Crippen LogP contribution < -0.4 is 5.73 Å². The van der Waals surface area contributed by atoms with Gasteiger partial charge in [-0.3, -0.25) is 4.79 Å². The third-order valence-electron chi connectivity index (χ3n) is 2.77. The van der Waals surface area contributed by atoms with Gasteiger partial charge in [0, 0.05) is 12.5 Å². The van der Waals surface area contributed by atoms with Crippen LogP contribution in [0.1, 0.15) is 39.5 Å². The molecule has 0 aliphatic heterocycles. The van der Waals surface area contributed by atoms with E-state index < -0.39 is 0 Å². The molecule has 0 heterocycles. The second kappa shape index (κ2) is 4.09. The van der Waals surface area contributed by atoms with E-state index in [2.05, 4.69) is 6.92 Å². The van der Waals surface area contributed by atoms with Crippen molar-refractivity contribution in [2.45, 2.75) is 45.1 Å². The van der Waals surface area contributed by atoms with Gasteiger partial charge in [0.25, 0.3) is 0 Å². The van der Waals surface area contributed by atoms with Crippen molar-refractivity contribution in [2.75, 3.05) is 6.61 Å². The van der Waals surface area contributed by atoms with Gasteiger partial charge in [-0.15, -0.1) is 0 Å². The van der Waals surface area contributed by atoms with E-state index in [1.807, 2.05) is 0 Å². The van der Waals surface area contributed by atoms with Gasteiger partial charge >= 0.3 is 5.97 Å². The molecular weight excluding hydrogens is 166 g/mol. The molecule has 0 bridgehead atoms. The van der Waals surface area contributed by atoms with Crippen molar-refractivity contribution in [2.24, 2.45) is 11.7 Å². The van der Waals surface area contributed by atoms with E-state index in [4.69, 9.17) is 10.5 Å². The van der Waals surface area contributed by atoms with Crippen molar-refractivity contribution in [1.82, 2.24) is 0 Å². The molecule has 3 heteroatoms. The summed E-state index contributed by atoms with van der Waals surface area (Å²) in [6.45, 7) is 4.12. The number of carbonyl (C=O) groups excluding carboxylic acids is 1. The van der Waals surface area contributed by atoms with Gasteiger partial charge < -0.3 is 10.5 Å². The summed E-state index contributed by atoms with van der Waals surface area (Å²) in [6.07, 6.45) is 4.25. The molecule has 76 valence electrons. The summed E-state index contributed by atoms with van der Waals surface area (Å²) < 4.78 is 4.97. The molecule has 0 aromatic carbocycles. The van der Waals surface area contributed by atoms with Gasteiger partial charge in [0.05, 0.1) is 6.61 Å². The lowest BCUT2D eigenvalue weighted by Gasteiger charge is -2.33. The molecule has 1 fully saturated rings. The number of rotatable bonds is 2. The van der Waals surface area contributed by atoms with Crippen molar-refractivity contribution in [3.8, 4) is 0 Å². The molecule has 0 aromatic rings. The number of nitrogens with two attached hydrogens (primary N) is 1. The second-order valence-corrected chi connectivity index (χ2v) is 4.40. The lowest BCUT2D eigenvalue weighted by atomic mass is 9.79. The predicted molar refractivity (Wildman–Crippen MR) is 51.2 cm³/mol. The maximum Gasteiger partial charge on any atom is 0.302 e. The molecule has 1 rings (SSSR count). The normalized spacial score (nSPS) is 34.2. The van der Waals surface area contributed by atoms with E-state index >= 15 is 0 Å². The molecule has 2 N–H and O–H groups in total. The van der Waals surface area contributed by atoms with Crippen LogP contribution in [0.25, 0.3) is 0 Å². The molecule has 0 amide bonds. The number of hydrogen-bond acceptors (Lipinski definition) is 3. The van der Waals surface area contributed by atoms with Crippen LogP contribution in [0, 0.1) is 5.92 Å². The zero-order chi connectivity index (χ0) is 9.90. The summed E-state index contributed by atoms with van der Waals surface area (Å²) in [7, 11) is 0. The molecule has 0 aromatic heterocycles. The highest BCUT2D eigenvalue weighted by Gasteiger charge is 2.27. The molecule has 0 saturated heterocycles. The Morgan fingerprint density at radius 2 is 2.08 bits per heavy atom. The molecule has 1 saturated carbocycles. The van der Waals surface area contributed by atoms with Gasteiger partial charge in [-0.1, -0.05) is 0 Å². The van der Waals surface area contributed by atoms with E-state index in [-0.39, 0.29) is 11.5 Å². The van der Waals surface area contributed by atoms with Gasteiger partial charge in [0.15, 0.2) is 0 Å². The maximum absolute atomic E-state index is 10.6. The highest BCUT2D eigenvalue weighted by Crippen LogP contribution is 2.29. The molecule has 0 radical (unpaired) electrons. The first-order valence-corrected chi connectivity index (χ1v) is 4.92. The topological polar surface area (TPSA) is 52.3 Å². The summed E-state index contributed by atoms with van der Waals surface area (Å²) in [5.74, 6) is 0.349. The van der Waals surface area contributed by atoms with E-state index in [1.165, 1.54) is 6.92 Å². The summed E-state index contributed by atoms with van der Waals surface area (Å²) in [6, 6.07) is 0. The summed E-state index contributed by atoms with van der Waals surface area (Å²) in [5.41, 5.74) is 5.99. The molecule has 0 spiro atoms. The van der Waals surface area contributed by atoms with Crippen molar-refractivity contribution in [3.05, 3.63) is 0 Å². The van der Waals surface area contributed by atoms with E-state index in [0.717, 1.165) is 25.7 Å². The quantitative estimate of drug-likeness (QED) is 0.662. The lowest BCUT2D eigenvalue weighted by Crippen LogP contribution is -2.40. The minimum atomic E-state index is -0.180. The Morgan fingerprint density at radius 3 is 2.54 bits per heavy atom. The molecule has 0 unspecified atom stereocenters. The van der Waals surface area contributed by atoms with Crippen LogP contribution in [0.4, 0.5) is 0 Å².